The van der Waals surface area contributed by atoms with Gasteiger partial charge in [0.2, 0.25) is 0 Å². The molecule has 0 unspecified atom stereocenters. The molecular formula is C14H13FN2O3. The molecule has 5 nitrogen and oxygen atoms in total. The van der Waals surface area contributed by atoms with Gasteiger partial charge in [0.15, 0.2) is 17.3 Å². The van der Waals surface area contributed by atoms with Crippen LogP contribution in [0.2, 0.25) is 0 Å². The Bertz CT molecular complexity index is 710. The van der Waals surface area contributed by atoms with E-state index in [1.807, 2.05) is 0 Å². The van der Waals surface area contributed by atoms with Crippen molar-refractivity contribution in [2.45, 2.75) is 13.5 Å². The first-order valence-corrected chi connectivity index (χ1v) is 5.93. The fourth-order valence-corrected chi connectivity index (χ4v) is 1.73. The summed E-state index contributed by atoms with van der Waals surface area (Å²) in [7, 11) is 1.34. The van der Waals surface area contributed by atoms with Crippen LogP contribution in [0.4, 0.5) is 4.39 Å². The van der Waals surface area contributed by atoms with E-state index in [4.69, 9.17) is 4.74 Å². The molecule has 0 aliphatic rings. The van der Waals surface area contributed by atoms with Crippen molar-refractivity contribution in [3.8, 4) is 5.75 Å². The molecule has 0 fully saturated rings. The van der Waals surface area contributed by atoms with Crippen molar-refractivity contribution in [1.29, 1.82) is 0 Å². The number of methoxy groups -OCH3 is 1. The van der Waals surface area contributed by atoms with Crippen molar-refractivity contribution in [2.24, 2.45) is 0 Å². The summed E-state index contributed by atoms with van der Waals surface area (Å²) < 4.78 is 19.4. The summed E-state index contributed by atoms with van der Waals surface area (Å²) in [4.78, 5) is 23.6. The van der Waals surface area contributed by atoms with E-state index in [-0.39, 0.29) is 23.4 Å². The Morgan fingerprint density at radius 1 is 1.35 bits per heavy atom. The molecule has 0 aliphatic heterocycles. The van der Waals surface area contributed by atoms with Crippen LogP contribution in [0, 0.1) is 12.7 Å². The summed E-state index contributed by atoms with van der Waals surface area (Å²) in [6.07, 6.45) is 0. The van der Waals surface area contributed by atoms with Crippen molar-refractivity contribution in [3.05, 3.63) is 57.8 Å². The Kier molecular flexibility index (Phi) is 3.93. The highest BCUT2D eigenvalue weighted by Gasteiger charge is 2.12. The minimum Gasteiger partial charge on any atom is -0.494 e. The second-order valence-corrected chi connectivity index (χ2v) is 4.24. The summed E-state index contributed by atoms with van der Waals surface area (Å²) in [6.45, 7) is 1.49. The van der Waals surface area contributed by atoms with Gasteiger partial charge in [0.25, 0.3) is 5.56 Å². The zero-order chi connectivity index (χ0) is 14.7. The number of carbonyl (C=O) groups is 1. The molecule has 1 aromatic heterocycles. The number of aromatic nitrogens is 2. The lowest BCUT2D eigenvalue weighted by Gasteiger charge is -2.06. The molecule has 0 radical (unpaired) electrons. The highest BCUT2D eigenvalue weighted by atomic mass is 19.1. The van der Waals surface area contributed by atoms with Crippen LogP contribution in [-0.4, -0.2) is 22.7 Å². The first kappa shape index (κ1) is 13.9. The zero-order valence-corrected chi connectivity index (χ0v) is 11.1. The predicted molar refractivity (Wildman–Crippen MR) is 70.5 cm³/mol. The maximum absolute atomic E-state index is 13.5. The number of hydrogen-bond acceptors (Lipinski definition) is 4. The van der Waals surface area contributed by atoms with E-state index in [0.717, 1.165) is 10.7 Å². The molecule has 0 spiro atoms. The average molecular weight is 276 g/mol. The third-order valence-electron chi connectivity index (χ3n) is 2.77. The molecule has 2 rings (SSSR count). The number of nitrogens with zero attached hydrogens (tertiary/aromatic N) is 2. The molecule has 6 heteroatoms. The SMILES string of the molecule is COc1ccc(C(=O)Cn2nc(C)ccc2=O)cc1F. The Balaban J connectivity index is 2.26. The predicted octanol–water partition coefficient (Wildman–Crippen LogP) is 1.58. The first-order valence-electron chi connectivity index (χ1n) is 5.93. The van der Waals surface area contributed by atoms with Crippen LogP contribution >= 0.6 is 0 Å². The van der Waals surface area contributed by atoms with Crippen LogP contribution in [0.25, 0.3) is 0 Å². The van der Waals surface area contributed by atoms with Gasteiger partial charge < -0.3 is 4.74 Å². The Hall–Kier alpha value is -2.50. The van der Waals surface area contributed by atoms with Crippen LogP contribution in [0.1, 0.15) is 16.1 Å². The molecule has 0 amide bonds. The number of carbonyl (C=O) groups excluding carboxylic acids is 1. The molecule has 0 atom stereocenters. The molecule has 104 valence electrons. The second kappa shape index (κ2) is 5.64. The van der Waals surface area contributed by atoms with Crippen LogP contribution in [0.5, 0.6) is 5.75 Å². The third-order valence-corrected chi connectivity index (χ3v) is 2.77. The van der Waals surface area contributed by atoms with Gasteiger partial charge in [-0.05, 0) is 31.2 Å². The molecular weight excluding hydrogens is 263 g/mol. The van der Waals surface area contributed by atoms with E-state index in [9.17, 15) is 14.0 Å². The number of ketones is 1. The van der Waals surface area contributed by atoms with Gasteiger partial charge in [0.05, 0.1) is 12.8 Å². The number of ether oxygens (including phenoxy) is 1. The lowest BCUT2D eigenvalue weighted by molar-refractivity contribution is 0.0965. The van der Waals surface area contributed by atoms with Crippen molar-refractivity contribution < 1.29 is 13.9 Å². The van der Waals surface area contributed by atoms with Crippen molar-refractivity contribution in [2.75, 3.05) is 7.11 Å². The minimum absolute atomic E-state index is 0.0624. The number of aryl methyl sites for hydroxylation is 1. The standard InChI is InChI=1S/C14H13FN2O3/c1-9-3-6-14(19)17(16-9)8-12(18)10-4-5-13(20-2)11(15)7-10/h3-7H,8H2,1-2H3. The van der Waals surface area contributed by atoms with Gasteiger partial charge in [0, 0.05) is 11.6 Å². The van der Waals surface area contributed by atoms with E-state index in [0.29, 0.717) is 5.69 Å². The van der Waals surface area contributed by atoms with E-state index >= 15 is 0 Å². The molecule has 2 aromatic rings. The summed E-state index contributed by atoms with van der Waals surface area (Å²) in [5, 5.41) is 3.96. The first-order chi connectivity index (χ1) is 9.51. The number of benzene rings is 1. The average Bonchev–Trinajstić information content (AvgIpc) is 2.42. The normalized spacial score (nSPS) is 10.3. The van der Waals surface area contributed by atoms with Gasteiger partial charge in [-0.15, -0.1) is 0 Å². The van der Waals surface area contributed by atoms with Crippen molar-refractivity contribution >= 4 is 5.78 Å². The summed E-state index contributed by atoms with van der Waals surface area (Å²) in [5.74, 6) is -0.956. The van der Waals surface area contributed by atoms with Crippen LogP contribution < -0.4 is 10.3 Å². The Morgan fingerprint density at radius 2 is 2.10 bits per heavy atom. The smallest absolute Gasteiger partial charge is 0.267 e. The summed E-state index contributed by atoms with van der Waals surface area (Å²) in [5.41, 5.74) is 0.412. The quantitative estimate of drug-likeness (QED) is 0.795. The third kappa shape index (κ3) is 2.90. The van der Waals surface area contributed by atoms with Gasteiger partial charge >= 0.3 is 0 Å². The van der Waals surface area contributed by atoms with Crippen molar-refractivity contribution in [1.82, 2.24) is 9.78 Å². The van der Waals surface area contributed by atoms with Gasteiger partial charge in [-0.25, -0.2) is 9.07 Å². The molecule has 0 N–H and O–H groups in total. The number of hydrogen-bond donors (Lipinski definition) is 0. The lowest BCUT2D eigenvalue weighted by atomic mass is 10.1. The van der Waals surface area contributed by atoms with Crippen LogP contribution in [0.15, 0.2) is 35.1 Å². The summed E-state index contributed by atoms with van der Waals surface area (Å²) >= 11 is 0. The monoisotopic (exact) mass is 276 g/mol. The Labute approximate surface area is 114 Å². The molecule has 0 saturated carbocycles. The van der Waals surface area contributed by atoms with Crippen LogP contribution in [0.3, 0.4) is 0 Å². The number of halogens is 1. The molecule has 20 heavy (non-hydrogen) atoms. The van der Waals surface area contributed by atoms with Gasteiger partial charge in [-0.2, -0.15) is 5.10 Å². The maximum Gasteiger partial charge on any atom is 0.267 e. The molecule has 0 saturated heterocycles. The second-order valence-electron chi connectivity index (χ2n) is 4.24. The van der Waals surface area contributed by atoms with Gasteiger partial charge in [-0.3, -0.25) is 9.59 Å². The van der Waals surface area contributed by atoms with E-state index in [2.05, 4.69) is 5.10 Å². The number of Topliss-reactive ketones (excluding diaryl/α,β-unsaturated/α-hetero) is 1. The topological polar surface area (TPSA) is 61.2 Å². The largest absolute Gasteiger partial charge is 0.494 e. The Morgan fingerprint density at radius 3 is 2.75 bits per heavy atom. The maximum atomic E-state index is 13.5. The molecule has 0 bridgehead atoms. The van der Waals surface area contributed by atoms with Crippen LogP contribution in [-0.2, 0) is 6.54 Å². The van der Waals surface area contributed by atoms with Gasteiger partial charge in [0.1, 0.15) is 6.54 Å². The lowest BCUT2D eigenvalue weighted by Crippen LogP contribution is -2.26. The highest BCUT2D eigenvalue weighted by Crippen LogP contribution is 2.18. The van der Waals surface area contributed by atoms with E-state index in [1.165, 1.54) is 25.3 Å². The number of rotatable bonds is 4. The fraction of sp³-hybridized carbons (Fsp3) is 0.214. The molecule has 1 aromatic carbocycles. The molecule has 0 aliphatic carbocycles. The van der Waals surface area contributed by atoms with Gasteiger partial charge in [-0.1, -0.05) is 0 Å². The fourth-order valence-electron chi connectivity index (χ4n) is 1.73. The minimum atomic E-state index is -0.622. The van der Waals surface area contributed by atoms with Crippen molar-refractivity contribution in [3.63, 3.8) is 0 Å². The molecule has 1 heterocycles. The summed E-state index contributed by atoms with van der Waals surface area (Å²) in [6, 6.07) is 6.81. The highest BCUT2D eigenvalue weighted by molar-refractivity contribution is 5.95. The van der Waals surface area contributed by atoms with E-state index < -0.39 is 11.6 Å². The van der Waals surface area contributed by atoms with E-state index in [1.54, 1.807) is 13.0 Å². The zero-order valence-electron chi connectivity index (χ0n) is 11.1.